The van der Waals surface area contributed by atoms with Gasteiger partial charge in [-0.05, 0) is 48.9 Å². The van der Waals surface area contributed by atoms with Crippen molar-refractivity contribution in [3.8, 4) is 0 Å². The lowest BCUT2D eigenvalue weighted by Gasteiger charge is -2.33. The summed E-state index contributed by atoms with van der Waals surface area (Å²) in [5.41, 5.74) is 5.20. The molecule has 2 aliphatic heterocycles. The monoisotopic (exact) mass is 348 g/mol. The average molecular weight is 348 g/mol. The zero-order chi connectivity index (χ0) is 18.1. The molecule has 0 aromatic heterocycles. The second-order valence-corrected chi connectivity index (χ2v) is 7.80. The van der Waals surface area contributed by atoms with Crippen molar-refractivity contribution in [2.75, 3.05) is 6.54 Å². The summed E-state index contributed by atoms with van der Waals surface area (Å²) in [7, 11) is 0. The Labute approximate surface area is 156 Å². The topological polar surface area (TPSA) is 23.6 Å². The molecule has 2 saturated heterocycles. The van der Waals surface area contributed by atoms with Crippen molar-refractivity contribution in [3.05, 3.63) is 70.8 Å². The van der Waals surface area contributed by atoms with E-state index < -0.39 is 0 Å². The highest BCUT2D eigenvalue weighted by Gasteiger charge is 2.46. The van der Waals surface area contributed by atoms with Gasteiger partial charge in [-0.1, -0.05) is 55.0 Å². The highest BCUT2D eigenvalue weighted by atomic mass is 16.2. The second-order valence-electron chi connectivity index (χ2n) is 7.80. The average Bonchev–Trinajstić information content (AvgIpc) is 2.92. The molecule has 2 atom stereocenters. The zero-order valence-electron chi connectivity index (χ0n) is 15.8. The Morgan fingerprint density at radius 1 is 0.962 bits per heavy atom. The van der Waals surface area contributed by atoms with E-state index in [2.05, 4.69) is 66.1 Å². The number of nitrogens with zero attached hydrogens (tertiary/aromatic N) is 2. The Morgan fingerprint density at radius 3 is 2.54 bits per heavy atom. The van der Waals surface area contributed by atoms with Crippen molar-refractivity contribution in [1.82, 2.24) is 9.80 Å². The van der Waals surface area contributed by atoms with Gasteiger partial charge < -0.3 is 4.90 Å². The number of amides is 1. The Bertz CT molecular complexity index is 786. The molecule has 0 N–H and O–H groups in total. The molecule has 2 aromatic rings. The van der Waals surface area contributed by atoms with Crippen LogP contribution >= 0.6 is 0 Å². The molecule has 2 aliphatic rings. The second kappa shape index (κ2) is 7.24. The molecule has 0 aliphatic carbocycles. The summed E-state index contributed by atoms with van der Waals surface area (Å²) in [5.74, 6) is 0.322. The first-order chi connectivity index (χ1) is 12.6. The van der Waals surface area contributed by atoms with Crippen molar-refractivity contribution < 1.29 is 4.79 Å². The van der Waals surface area contributed by atoms with Crippen LogP contribution in [0.1, 0.15) is 41.5 Å². The number of rotatable bonds is 4. The van der Waals surface area contributed by atoms with Crippen molar-refractivity contribution >= 4 is 5.91 Å². The van der Waals surface area contributed by atoms with E-state index in [-0.39, 0.29) is 12.2 Å². The SMILES string of the molecule is Cc1ccc(CC2N(Cc3ccccc3)C(=O)C3CCCCN32)cc1C. The van der Waals surface area contributed by atoms with Gasteiger partial charge in [-0.15, -0.1) is 0 Å². The molecular formula is C23H28N2O. The van der Waals surface area contributed by atoms with Crippen LogP contribution in [0.3, 0.4) is 0 Å². The largest absolute Gasteiger partial charge is 0.321 e. The highest BCUT2D eigenvalue weighted by Crippen LogP contribution is 2.32. The first kappa shape index (κ1) is 17.3. The van der Waals surface area contributed by atoms with Gasteiger partial charge in [-0.25, -0.2) is 0 Å². The van der Waals surface area contributed by atoms with Crippen molar-refractivity contribution in [2.45, 2.75) is 58.3 Å². The molecule has 2 fully saturated rings. The van der Waals surface area contributed by atoms with Gasteiger partial charge in [0.2, 0.25) is 5.91 Å². The van der Waals surface area contributed by atoms with Gasteiger partial charge in [0.1, 0.15) is 0 Å². The fourth-order valence-corrected chi connectivity index (χ4v) is 4.43. The maximum absolute atomic E-state index is 13.2. The van der Waals surface area contributed by atoms with E-state index in [1.807, 2.05) is 6.07 Å². The molecule has 0 radical (unpaired) electrons. The van der Waals surface area contributed by atoms with Gasteiger partial charge in [0.05, 0.1) is 12.2 Å². The summed E-state index contributed by atoms with van der Waals surface area (Å²) in [5, 5.41) is 0. The number of carbonyl (C=O) groups excluding carboxylic acids is 1. The Hall–Kier alpha value is -2.13. The van der Waals surface area contributed by atoms with Crippen LogP contribution in [0.25, 0.3) is 0 Å². The van der Waals surface area contributed by atoms with E-state index in [1.165, 1.54) is 35.1 Å². The Morgan fingerprint density at radius 2 is 1.77 bits per heavy atom. The number of benzene rings is 2. The summed E-state index contributed by atoms with van der Waals surface area (Å²) in [4.78, 5) is 17.7. The van der Waals surface area contributed by atoms with E-state index >= 15 is 0 Å². The number of piperidine rings is 1. The summed E-state index contributed by atoms with van der Waals surface area (Å²) < 4.78 is 0. The fourth-order valence-electron chi connectivity index (χ4n) is 4.43. The van der Waals surface area contributed by atoms with Gasteiger partial charge in [-0.2, -0.15) is 0 Å². The maximum Gasteiger partial charge on any atom is 0.241 e. The van der Waals surface area contributed by atoms with E-state index in [0.29, 0.717) is 12.5 Å². The zero-order valence-corrected chi connectivity index (χ0v) is 15.8. The van der Waals surface area contributed by atoms with Gasteiger partial charge in [0, 0.05) is 19.5 Å². The molecule has 3 nitrogen and oxygen atoms in total. The summed E-state index contributed by atoms with van der Waals surface area (Å²) in [6, 6.07) is 17.2. The summed E-state index contributed by atoms with van der Waals surface area (Å²) in [6.07, 6.45) is 4.47. The van der Waals surface area contributed by atoms with Crippen LogP contribution in [0.15, 0.2) is 48.5 Å². The Kier molecular flexibility index (Phi) is 4.82. The van der Waals surface area contributed by atoms with Crippen molar-refractivity contribution in [1.29, 1.82) is 0 Å². The van der Waals surface area contributed by atoms with Crippen LogP contribution in [0, 0.1) is 13.8 Å². The molecule has 0 spiro atoms. The maximum atomic E-state index is 13.2. The molecule has 2 unspecified atom stereocenters. The molecule has 0 saturated carbocycles. The number of carbonyl (C=O) groups is 1. The van der Waals surface area contributed by atoms with Gasteiger partial charge in [0.25, 0.3) is 0 Å². The summed E-state index contributed by atoms with van der Waals surface area (Å²) in [6.45, 7) is 6.07. The highest BCUT2D eigenvalue weighted by molar-refractivity contribution is 5.84. The lowest BCUT2D eigenvalue weighted by molar-refractivity contribution is -0.130. The molecular weight excluding hydrogens is 320 g/mol. The molecule has 26 heavy (non-hydrogen) atoms. The molecule has 2 aromatic carbocycles. The molecule has 4 rings (SSSR count). The van der Waals surface area contributed by atoms with Crippen molar-refractivity contribution in [3.63, 3.8) is 0 Å². The molecule has 1 amide bonds. The predicted octanol–water partition coefficient (Wildman–Crippen LogP) is 4.07. The van der Waals surface area contributed by atoms with Crippen molar-refractivity contribution in [2.24, 2.45) is 0 Å². The molecule has 136 valence electrons. The molecule has 2 heterocycles. The smallest absolute Gasteiger partial charge is 0.241 e. The summed E-state index contributed by atoms with van der Waals surface area (Å²) >= 11 is 0. The molecule has 3 heteroatoms. The number of hydrogen-bond acceptors (Lipinski definition) is 2. The number of hydrogen-bond donors (Lipinski definition) is 0. The minimum absolute atomic E-state index is 0.0870. The minimum Gasteiger partial charge on any atom is -0.321 e. The minimum atomic E-state index is 0.0870. The van der Waals surface area contributed by atoms with Crippen LogP contribution < -0.4 is 0 Å². The third kappa shape index (κ3) is 3.28. The van der Waals surface area contributed by atoms with Crippen LogP contribution in [0.5, 0.6) is 0 Å². The van der Waals surface area contributed by atoms with Crippen LogP contribution in [0.4, 0.5) is 0 Å². The van der Waals surface area contributed by atoms with Gasteiger partial charge in [0.15, 0.2) is 0 Å². The van der Waals surface area contributed by atoms with Gasteiger partial charge >= 0.3 is 0 Å². The lowest BCUT2D eigenvalue weighted by Crippen LogP contribution is -2.44. The number of fused-ring (bicyclic) bond motifs is 1. The third-order valence-electron chi connectivity index (χ3n) is 6.04. The number of aryl methyl sites for hydroxylation is 2. The fraction of sp³-hybridized carbons (Fsp3) is 0.435. The van der Waals surface area contributed by atoms with E-state index in [9.17, 15) is 4.79 Å². The van der Waals surface area contributed by atoms with Crippen LogP contribution in [-0.2, 0) is 17.8 Å². The first-order valence-corrected chi connectivity index (χ1v) is 9.80. The molecule has 0 bridgehead atoms. The van der Waals surface area contributed by atoms with E-state index in [1.54, 1.807) is 0 Å². The third-order valence-corrected chi connectivity index (χ3v) is 6.04. The first-order valence-electron chi connectivity index (χ1n) is 9.80. The van der Waals surface area contributed by atoms with Gasteiger partial charge in [-0.3, -0.25) is 9.69 Å². The normalized spacial score (nSPS) is 23.3. The van der Waals surface area contributed by atoms with Crippen LogP contribution in [0.2, 0.25) is 0 Å². The Balaban J connectivity index is 1.62. The predicted molar refractivity (Wildman–Crippen MR) is 105 cm³/mol. The van der Waals surface area contributed by atoms with E-state index in [4.69, 9.17) is 0 Å². The van der Waals surface area contributed by atoms with Crippen LogP contribution in [-0.4, -0.2) is 34.5 Å². The standard InChI is InChI=1S/C23H28N2O/c1-17-11-12-20(14-18(17)2)15-22-24-13-7-6-10-21(24)23(26)25(22)16-19-8-4-3-5-9-19/h3-5,8-9,11-12,14,21-22H,6-7,10,13,15-16H2,1-2H3. The quantitative estimate of drug-likeness (QED) is 0.831. The lowest BCUT2D eigenvalue weighted by atomic mass is 10.0. The van der Waals surface area contributed by atoms with E-state index in [0.717, 1.165) is 19.4 Å².